The van der Waals surface area contributed by atoms with Crippen molar-refractivity contribution in [3.05, 3.63) is 29.6 Å². The zero-order valence-corrected chi connectivity index (χ0v) is 14.7. The summed E-state index contributed by atoms with van der Waals surface area (Å²) < 4.78 is 19.9. The number of anilines is 1. The highest BCUT2D eigenvalue weighted by Crippen LogP contribution is 2.36. The summed E-state index contributed by atoms with van der Waals surface area (Å²) >= 11 is 2.39. The van der Waals surface area contributed by atoms with Gasteiger partial charge >= 0.3 is 0 Å². The standard InChI is InChI=1S/C16H24FIN2O/c1-21-9-3-8-20-12-13(11-19-7-2-6-18)15-10-14(17)4-5-16(15)20/h4-5,10,13,19H,2-3,6-9,11-12H2,1H3. The molecule has 1 atom stereocenters. The molecule has 0 saturated carbocycles. The lowest BCUT2D eigenvalue weighted by molar-refractivity contribution is 0.196. The predicted octanol–water partition coefficient (Wildman–Crippen LogP) is 3.18. The van der Waals surface area contributed by atoms with Crippen LogP contribution in [0.4, 0.5) is 10.1 Å². The van der Waals surface area contributed by atoms with Gasteiger partial charge in [-0.25, -0.2) is 4.39 Å². The number of fused-ring (bicyclic) bond motifs is 1. The van der Waals surface area contributed by atoms with E-state index in [0.717, 1.165) is 44.8 Å². The highest BCUT2D eigenvalue weighted by molar-refractivity contribution is 14.1. The Morgan fingerprint density at radius 2 is 2.29 bits per heavy atom. The molecule has 0 aliphatic carbocycles. The Balaban J connectivity index is 1.98. The van der Waals surface area contributed by atoms with Crippen molar-refractivity contribution in [2.75, 3.05) is 49.2 Å². The molecular weight excluding hydrogens is 382 g/mol. The molecular formula is C16H24FIN2O. The van der Waals surface area contributed by atoms with E-state index >= 15 is 0 Å². The van der Waals surface area contributed by atoms with Crippen LogP contribution in [0.5, 0.6) is 0 Å². The molecule has 1 aromatic carbocycles. The van der Waals surface area contributed by atoms with Crippen LogP contribution in [0.3, 0.4) is 0 Å². The summed E-state index contributed by atoms with van der Waals surface area (Å²) in [5.74, 6) is 0.247. The highest BCUT2D eigenvalue weighted by Gasteiger charge is 2.28. The molecule has 1 heterocycles. The second-order valence-corrected chi connectivity index (χ2v) is 6.52. The van der Waals surface area contributed by atoms with E-state index in [1.54, 1.807) is 19.2 Å². The van der Waals surface area contributed by atoms with Gasteiger partial charge in [-0.1, -0.05) is 22.6 Å². The molecule has 3 nitrogen and oxygen atoms in total. The molecule has 0 spiro atoms. The van der Waals surface area contributed by atoms with E-state index in [1.807, 2.05) is 6.07 Å². The molecule has 2 rings (SSSR count). The van der Waals surface area contributed by atoms with Crippen LogP contribution in [-0.2, 0) is 4.74 Å². The average Bonchev–Trinajstić information content (AvgIpc) is 2.81. The lowest BCUT2D eigenvalue weighted by atomic mass is 10.0. The number of hydrogen-bond donors (Lipinski definition) is 1. The van der Waals surface area contributed by atoms with Crippen LogP contribution >= 0.6 is 22.6 Å². The molecule has 0 fully saturated rings. The van der Waals surface area contributed by atoms with Gasteiger partial charge in [0, 0.05) is 49.4 Å². The Kier molecular flexibility index (Phi) is 7.19. The van der Waals surface area contributed by atoms with Crippen LogP contribution in [0.1, 0.15) is 24.3 Å². The fourth-order valence-corrected chi connectivity index (χ4v) is 3.24. The maximum absolute atomic E-state index is 13.6. The maximum atomic E-state index is 13.6. The number of halogens is 2. The second-order valence-electron chi connectivity index (χ2n) is 5.44. The SMILES string of the molecule is COCCCN1CC(CNCCCI)c2cc(F)ccc21. The van der Waals surface area contributed by atoms with Crippen LogP contribution in [0.25, 0.3) is 0 Å². The van der Waals surface area contributed by atoms with Crippen molar-refractivity contribution in [3.63, 3.8) is 0 Å². The molecule has 1 aliphatic rings. The van der Waals surface area contributed by atoms with Gasteiger partial charge in [0.05, 0.1) is 0 Å². The maximum Gasteiger partial charge on any atom is 0.123 e. The predicted molar refractivity (Wildman–Crippen MR) is 94.2 cm³/mol. The first-order valence-electron chi connectivity index (χ1n) is 7.56. The van der Waals surface area contributed by atoms with Gasteiger partial charge in [0.25, 0.3) is 0 Å². The zero-order chi connectivity index (χ0) is 15.1. The van der Waals surface area contributed by atoms with Crippen molar-refractivity contribution >= 4 is 28.3 Å². The third kappa shape index (κ3) is 4.79. The topological polar surface area (TPSA) is 24.5 Å². The number of benzene rings is 1. The quantitative estimate of drug-likeness (QED) is 0.388. The summed E-state index contributed by atoms with van der Waals surface area (Å²) in [6.45, 7) is 4.67. The van der Waals surface area contributed by atoms with Crippen LogP contribution in [0.15, 0.2) is 18.2 Å². The number of nitrogens with one attached hydrogen (secondary N) is 1. The zero-order valence-electron chi connectivity index (χ0n) is 12.6. The van der Waals surface area contributed by atoms with E-state index < -0.39 is 0 Å². The molecule has 118 valence electrons. The Labute approximate surface area is 140 Å². The van der Waals surface area contributed by atoms with Crippen LogP contribution in [0.2, 0.25) is 0 Å². The average molecular weight is 406 g/mol. The molecule has 0 radical (unpaired) electrons. The third-order valence-corrected chi connectivity index (χ3v) is 4.63. The second kappa shape index (κ2) is 8.90. The summed E-state index contributed by atoms with van der Waals surface area (Å²) in [5.41, 5.74) is 2.34. The molecule has 0 aromatic heterocycles. The molecule has 0 saturated heterocycles. The molecule has 0 bridgehead atoms. The molecule has 21 heavy (non-hydrogen) atoms. The smallest absolute Gasteiger partial charge is 0.123 e. The van der Waals surface area contributed by atoms with Gasteiger partial charge in [-0.2, -0.15) is 0 Å². The minimum atomic E-state index is -0.134. The number of methoxy groups -OCH3 is 1. The van der Waals surface area contributed by atoms with E-state index in [2.05, 4.69) is 32.8 Å². The van der Waals surface area contributed by atoms with Gasteiger partial charge in [-0.05, 0) is 43.1 Å². The molecule has 1 unspecified atom stereocenters. The summed E-state index contributed by atoms with van der Waals surface area (Å²) in [7, 11) is 1.73. The van der Waals surface area contributed by atoms with E-state index in [0.29, 0.717) is 5.92 Å². The van der Waals surface area contributed by atoms with Crippen molar-refractivity contribution in [1.29, 1.82) is 0 Å². The Morgan fingerprint density at radius 3 is 3.05 bits per heavy atom. The molecule has 1 aliphatic heterocycles. The highest BCUT2D eigenvalue weighted by atomic mass is 127. The van der Waals surface area contributed by atoms with E-state index in [4.69, 9.17) is 4.74 Å². The number of alkyl halides is 1. The summed E-state index contributed by atoms with van der Waals surface area (Å²) in [6, 6.07) is 5.19. The molecule has 5 heteroatoms. The van der Waals surface area contributed by atoms with Gasteiger partial charge in [-0.15, -0.1) is 0 Å². The summed E-state index contributed by atoms with van der Waals surface area (Å²) in [6.07, 6.45) is 2.18. The largest absolute Gasteiger partial charge is 0.385 e. The number of nitrogens with zero attached hydrogens (tertiary/aromatic N) is 1. The van der Waals surface area contributed by atoms with Crippen molar-refractivity contribution in [2.24, 2.45) is 0 Å². The Hall–Kier alpha value is -0.400. The van der Waals surface area contributed by atoms with Crippen molar-refractivity contribution in [2.45, 2.75) is 18.8 Å². The van der Waals surface area contributed by atoms with Gasteiger partial charge < -0.3 is 15.0 Å². The number of hydrogen-bond acceptors (Lipinski definition) is 3. The Morgan fingerprint density at radius 1 is 1.43 bits per heavy atom. The van der Waals surface area contributed by atoms with E-state index in [1.165, 1.54) is 16.5 Å². The first kappa shape index (κ1) is 17.0. The van der Waals surface area contributed by atoms with Gasteiger partial charge in [0.2, 0.25) is 0 Å². The van der Waals surface area contributed by atoms with E-state index in [-0.39, 0.29) is 5.82 Å². The molecule has 1 aromatic rings. The summed E-state index contributed by atoms with van der Waals surface area (Å²) in [5, 5.41) is 3.50. The van der Waals surface area contributed by atoms with Crippen LogP contribution in [0, 0.1) is 5.82 Å². The summed E-state index contributed by atoms with van der Waals surface area (Å²) in [4.78, 5) is 2.36. The Bertz CT molecular complexity index is 444. The normalized spacial score (nSPS) is 17.3. The fourth-order valence-electron chi connectivity index (χ4n) is 2.86. The number of rotatable bonds is 9. The monoisotopic (exact) mass is 406 g/mol. The minimum Gasteiger partial charge on any atom is -0.385 e. The van der Waals surface area contributed by atoms with Gasteiger partial charge in [0.1, 0.15) is 5.82 Å². The van der Waals surface area contributed by atoms with Gasteiger partial charge in [-0.3, -0.25) is 0 Å². The minimum absolute atomic E-state index is 0.134. The third-order valence-electron chi connectivity index (χ3n) is 3.87. The van der Waals surface area contributed by atoms with Crippen LogP contribution < -0.4 is 10.2 Å². The first-order chi connectivity index (χ1) is 10.3. The van der Waals surface area contributed by atoms with Crippen molar-refractivity contribution in [3.8, 4) is 0 Å². The van der Waals surface area contributed by atoms with Crippen molar-refractivity contribution in [1.82, 2.24) is 5.32 Å². The molecule has 0 amide bonds. The van der Waals surface area contributed by atoms with Gasteiger partial charge in [0.15, 0.2) is 0 Å². The molecule has 1 N–H and O–H groups in total. The number of ether oxygens (including phenoxy) is 1. The van der Waals surface area contributed by atoms with Crippen LogP contribution in [-0.4, -0.2) is 44.3 Å². The first-order valence-corrected chi connectivity index (χ1v) is 9.09. The lowest BCUT2D eigenvalue weighted by Gasteiger charge is -2.19. The van der Waals surface area contributed by atoms with E-state index in [9.17, 15) is 4.39 Å². The lowest BCUT2D eigenvalue weighted by Crippen LogP contribution is -2.28. The fraction of sp³-hybridized carbons (Fsp3) is 0.625. The van der Waals surface area contributed by atoms with Crippen molar-refractivity contribution < 1.29 is 9.13 Å².